The molecule has 1 nitrogen and oxygen atoms in total. The van der Waals surface area contributed by atoms with Gasteiger partial charge in [0.2, 0.25) is 0 Å². The Morgan fingerprint density at radius 1 is 0.762 bits per heavy atom. The number of hydrogen-bond acceptors (Lipinski definition) is 1. The summed E-state index contributed by atoms with van der Waals surface area (Å²) in [6.45, 7) is 4.16. The molecular weight excluding hydrogens is 256 g/mol. The Morgan fingerprint density at radius 2 is 1.43 bits per heavy atom. The van der Waals surface area contributed by atoms with Crippen molar-refractivity contribution in [1.82, 2.24) is 0 Å². The van der Waals surface area contributed by atoms with Gasteiger partial charge < -0.3 is 5.11 Å². The lowest BCUT2D eigenvalue weighted by atomic mass is 9.91. The molecule has 0 fully saturated rings. The molecule has 0 atom stereocenters. The van der Waals surface area contributed by atoms with Crippen molar-refractivity contribution in [3.8, 4) is 5.75 Å². The molecule has 104 valence electrons. The third-order valence-electron chi connectivity index (χ3n) is 3.73. The summed E-state index contributed by atoms with van der Waals surface area (Å²) in [5, 5.41) is 12.6. The van der Waals surface area contributed by atoms with Gasteiger partial charge in [-0.1, -0.05) is 72.3 Å². The monoisotopic (exact) mass is 274 g/mol. The standard InChI is InChI=1S/C20H18O/c1-14(2)19(16-9-4-3-5-10-16)18-13-12-15-8-6-7-11-17(15)20(18)21/h3-13,21H,1-2H3. The maximum absolute atomic E-state index is 10.7. The Labute approximate surface area is 125 Å². The van der Waals surface area contributed by atoms with Crippen molar-refractivity contribution in [3.63, 3.8) is 0 Å². The van der Waals surface area contributed by atoms with Gasteiger partial charge in [0.25, 0.3) is 0 Å². The van der Waals surface area contributed by atoms with Crippen LogP contribution in [0.3, 0.4) is 0 Å². The summed E-state index contributed by atoms with van der Waals surface area (Å²) in [5.41, 5.74) is 4.30. The molecule has 3 rings (SSSR count). The molecule has 3 aromatic rings. The van der Waals surface area contributed by atoms with E-state index >= 15 is 0 Å². The van der Waals surface area contributed by atoms with Crippen molar-refractivity contribution < 1.29 is 5.11 Å². The van der Waals surface area contributed by atoms with Gasteiger partial charge in [0, 0.05) is 10.9 Å². The zero-order valence-electron chi connectivity index (χ0n) is 12.3. The van der Waals surface area contributed by atoms with Crippen LogP contribution < -0.4 is 0 Å². The van der Waals surface area contributed by atoms with Gasteiger partial charge in [-0.3, -0.25) is 0 Å². The van der Waals surface area contributed by atoms with Crippen LogP contribution in [0.25, 0.3) is 16.3 Å². The summed E-state index contributed by atoms with van der Waals surface area (Å²) < 4.78 is 0. The van der Waals surface area contributed by atoms with E-state index in [2.05, 4.69) is 32.0 Å². The molecule has 0 saturated heterocycles. The van der Waals surface area contributed by atoms with Crippen molar-refractivity contribution in [3.05, 3.63) is 83.4 Å². The van der Waals surface area contributed by atoms with Crippen LogP contribution in [0.15, 0.2) is 72.3 Å². The summed E-state index contributed by atoms with van der Waals surface area (Å²) >= 11 is 0. The highest BCUT2D eigenvalue weighted by molar-refractivity contribution is 5.96. The summed E-state index contributed by atoms with van der Waals surface area (Å²) in [7, 11) is 0. The zero-order valence-corrected chi connectivity index (χ0v) is 12.3. The van der Waals surface area contributed by atoms with E-state index in [1.54, 1.807) is 0 Å². The molecule has 0 aliphatic rings. The van der Waals surface area contributed by atoms with E-state index in [1.165, 1.54) is 5.57 Å². The lowest BCUT2D eigenvalue weighted by molar-refractivity contribution is 0.480. The summed E-state index contributed by atoms with van der Waals surface area (Å²) in [6, 6.07) is 22.2. The first kappa shape index (κ1) is 13.4. The van der Waals surface area contributed by atoms with Crippen LogP contribution in [0.2, 0.25) is 0 Å². The number of benzene rings is 3. The molecule has 0 saturated carbocycles. The molecule has 0 spiro atoms. The van der Waals surface area contributed by atoms with E-state index < -0.39 is 0 Å². The molecule has 1 heteroatoms. The number of allylic oxidation sites excluding steroid dienone is 1. The number of phenolic OH excluding ortho intramolecular Hbond substituents is 1. The average Bonchev–Trinajstić information content (AvgIpc) is 2.51. The van der Waals surface area contributed by atoms with E-state index in [0.717, 1.165) is 27.5 Å². The second-order valence-electron chi connectivity index (χ2n) is 5.42. The van der Waals surface area contributed by atoms with Crippen LogP contribution in [0, 0.1) is 0 Å². The van der Waals surface area contributed by atoms with Gasteiger partial charge in [0.1, 0.15) is 5.75 Å². The number of fused-ring (bicyclic) bond motifs is 1. The fraction of sp³-hybridized carbons (Fsp3) is 0.100. The molecule has 0 aliphatic heterocycles. The van der Waals surface area contributed by atoms with E-state index in [9.17, 15) is 5.11 Å². The van der Waals surface area contributed by atoms with Gasteiger partial charge in [-0.05, 0) is 30.4 Å². The Bertz CT molecular complexity index is 810. The Balaban J connectivity index is 2.27. The van der Waals surface area contributed by atoms with Crippen LogP contribution in [0.4, 0.5) is 0 Å². The molecule has 3 aromatic carbocycles. The molecule has 0 aliphatic carbocycles. The molecule has 0 unspecified atom stereocenters. The van der Waals surface area contributed by atoms with Crippen molar-refractivity contribution in [2.75, 3.05) is 0 Å². The number of rotatable bonds is 2. The van der Waals surface area contributed by atoms with Crippen molar-refractivity contribution in [2.45, 2.75) is 13.8 Å². The van der Waals surface area contributed by atoms with Crippen molar-refractivity contribution in [1.29, 1.82) is 0 Å². The second kappa shape index (κ2) is 5.45. The van der Waals surface area contributed by atoms with Gasteiger partial charge in [-0.15, -0.1) is 0 Å². The first-order chi connectivity index (χ1) is 10.2. The van der Waals surface area contributed by atoms with Gasteiger partial charge in [0.15, 0.2) is 0 Å². The Kier molecular flexibility index (Phi) is 3.49. The fourth-order valence-electron chi connectivity index (χ4n) is 2.78. The third-order valence-corrected chi connectivity index (χ3v) is 3.73. The maximum Gasteiger partial charge on any atom is 0.131 e. The van der Waals surface area contributed by atoms with E-state index in [0.29, 0.717) is 5.75 Å². The van der Waals surface area contributed by atoms with Gasteiger partial charge in [0.05, 0.1) is 0 Å². The minimum atomic E-state index is 0.355. The second-order valence-corrected chi connectivity index (χ2v) is 5.42. The lowest BCUT2D eigenvalue weighted by Gasteiger charge is -2.14. The summed E-state index contributed by atoms with van der Waals surface area (Å²) in [5.74, 6) is 0.355. The van der Waals surface area contributed by atoms with E-state index in [-0.39, 0.29) is 0 Å². The average molecular weight is 274 g/mol. The van der Waals surface area contributed by atoms with Crippen molar-refractivity contribution in [2.24, 2.45) is 0 Å². The Hall–Kier alpha value is -2.54. The molecular formula is C20H18O. The third kappa shape index (κ3) is 2.43. The maximum atomic E-state index is 10.7. The topological polar surface area (TPSA) is 20.2 Å². The molecule has 0 radical (unpaired) electrons. The number of hydrogen-bond donors (Lipinski definition) is 1. The first-order valence-electron chi connectivity index (χ1n) is 7.12. The van der Waals surface area contributed by atoms with Crippen LogP contribution >= 0.6 is 0 Å². The zero-order chi connectivity index (χ0) is 14.8. The lowest BCUT2D eigenvalue weighted by Crippen LogP contribution is -1.92. The minimum absolute atomic E-state index is 0.355. The summed E-state index contributed by atoms with van der Waals surface area (Å²) in [6.07, 6.45) is 0. The molecule has 0 heterocycles. The highest BCUT2D eigenvalue weighted by atomic mass is 16.3. The van der Waals surface area contributed by atoms with Crippen LogP contribution in [-0.2, 0) is 0 Å². The molecule has 0 amide bonds. The van der Waals surface area contributed by atoms with Gasteiger partial charge in [-0.25, -0.2) is 0 Å². The van der Waals surface area contributed by atoms with E-state index in [1.807, 2.05) is 48.5 Å². The van der Waals surface area contributed by atoms with E-state index in [4.69, 9.17) is 0 Å². The molecule has 1 N–H and O–H groups in total. The largest absolute Gasteiger partial charge is 0.507 e. The van der Waals surface area contributed by atoms with Crippen LogP contribution in [0.5, 0.6) is 5.75 Å². The highest BCUT2D eigenvalue weighted by Gasteiger charge is 2.13. The van der Waals surface area contributed by atoms with Gasteiger partial charge in [-0.2, -0.15) is 0 Å². The SMILES string of the molecule is CC(C)=C(c1ccccc1)c1ccc2ccccc2c1O. The molecule has 21 heavy (non-hydrogen) atoms. The first-order valence-corrected chi connectivity index (χ1v) is 7.12. The quantitative estimate of drug-likeness (QED) is 0.664. The van der Waals surface area contributed by atoms with Crippen molar-refractivity contribution >= 4 is 16.3 Å². The number of aromatic hydroxyl groups is 1. The predicted octanol–water partition coefficient (Wildman–Crippen LogP) is 5.39. The molecule has 0 bridgehead atoms. The Morgan fingerprint density at radius 3 is 2.14 bits per heavy atom. The van der Waals surface area contributed by atoms with Gasteiger partial charge >= 0.3 is 0 Å². The number of phenols is 1. The fourth-order valence-corrected chi connectivity index (χ4v) is 2.78. The minimum Gasteiger partial charge on any atom is -0.507 e. The normalized spacial score (nSPS) is 10.6. The van der Waals surface area contributed by atoms with Crippen LogP contribution in [0.1, 0.15) is 25.0 Å². The highest BCUT2D eigenvalue weighted by Crippen LogP contribution is 2.37. The smallest absolute Gasteiger partial charge is 0.131 e. The summed E-state index contributed by atoms with van der Waals surface area (Å²) in [4.78, 5) is 0. The predicted molar refractivity (Wildman–Crippen MR) is 89.4 cm³/mol. The van der Waals surface area contributed by atoms with Crippen LogP contribution in [-0.4, -0.2) is 5.11 Å². The molecule has 0 aromatic heterocycles.